The van der Waals surface area contributed by atoms with Gasteiger partial charge in [-0.1, -0.05) is 12.1 Å². The molecule has 0 radical (unpaired) electrons. The second kappa shape index (κ2) is 10.7. The van der Waals surface area contributed by atoms with Gasteiger partial charge in [-0.3, -0.25) is 0 Å². The molecule has 0 saturated carbocycles. The Morgan fingerprint density at radius 1 is 1.19 bits per heavy atom. The number of carbonyl (C=O) groups excluding carboxylic acids is 1. The Morgan fingerprint density at radius 3 is 2.31 bits per heavy atom. The average molecular weight is 394 g/mol. The summed E-state index contributed by atoms with van der Waals surface area (Å²) < 4.78 is 15.2. The first-order chi connectivity index (χ1) is 11.9. The van der Waals surface area contributed by atoms with Crippen molar-refractivity contribution in [2.24, 2.45) is 0 Å². The molecule has 1 aliphatic heterocycles. The molecule has 0 bridgehead atoms. The minimum atomic E-state index is -1.73. The van der Waals surface area contributed by atoms with Crippen LogP contribution in [0.5, 0.6) is 5.75 Å². The summed E-state index contributed by atoms with van der Waals surface area (Å²) in [6.07, 6.45) is -6.67. The SMILES string of the molecule is COc1ccc(/C=C(\O[C@@H]2O[C@H](CO)[C@@H](O)[C@H](O)[C@H]2O)C(=O)[O-])cc1.[K+]. The summed E-state index contributed by atoms with van der Waals surface area (Å²) in [7, 11) is 1.49. The fraction of sp³-hybridized carbons (Fsp3) is 0.438. The molecule has 5 atom stereocenters. The van der Waals surface area contributed by atoms with Crippen LogP contribution >= 0.6 is 0 Å². The standard InChI is InChI=1S/C16H20O9.K/c1-23-9-4-2-8(3-5-9)6-10(15(21)22)24-16-14(20)13(19)12(18)11(7-17)25-16;/h2-6,11-14,16-20H,7H2,1H3,(H,21,22);/q;+1/p-1/b10-6-;/t11-,12-,13+,14-,16-;/m1./s1. The number of rotatable bonds is 6. The van der Waals surface area contributed by atoms with Crippen molar-refractivity contribution in [3.63, 3.8) is 0 Å². The maximum atomic E-state index is 11.3. The summed E-state index contributed by atoms with van der Waals surface area (Å²) >= 11 is 0. The summed E-state index contributed by atoms with van der Waals surface area (Å²) in [5, 5.41) is 49.7. The minimum Gasteiger partial charge on any atom is -0.542 e. The van der Waals surface area contributed by atoms with E-state index in [1.165, 1.54) is 7.11 Å². The number of aliphatic hydroxyl groups is 4. The Bertz CT molecular complexity index is 617. The Kier molecular flexibility index (Phi) is 9.68. The number of aliphatic carboxylic acids is 1. The number of ether oxygens (including phenoxy) is 3. The third-order valence-corrected chi connectivity index (χ3v) is 3.71. The van der Waals surface area contributed by atoms with E-state index in [9.17, 15) is 25.2 Å². The van der Waals surface area contributed by atoms with Gasteiger partial charge in [0.05, 0.1) is 13.7 Å². The number of hydrogen-bond acceptors (Lipinski definition) is 9. The second-order valence-electron chi connectivity index (χ2n) is 5.38. The van der Waals surface area contributed by atoms with Crippen LogP contribution in [0.4, 0.5) is 0 Å². The predicted octanol–water partition coefficient (Wildman–Crippen LogP) is -5.39. The molecule has 0 unspecified atom stereocenters. The van der Waals surface area contributed by atoms with Crippen molar-refractivity contribution < 1.29 is 95.9 Å². The minimum absolute atomic E-state index is 0. The van der Waals surface area contributed by atoms with Gasteiger partial charge in [0.25, 0.3) is 0 Å². The van der Waals surface area contributed by atoms with Gasteiger partial charge in [0.15, 0.2) is 0 Å². The van der Waals surface area contributed by atoms with E-state index in [0.29, 0.717) is 11.3 Å². The van der Waals surface area contributed by atoms with Gasteiger partial charge in [0.1, 0.15) is 41.9 Å². The summed E-state index contributed by atoms with van der Waals surface area (Å²) in [6, 6.07) is 6.34. The van der Waals surface area contributed by atoms with Crippen LogP contribution in [0.1, 0.15) is 5.56 Å². The summed E-state index contributed by atoms with van der Waals surface area (Å²) in [5.41, 5.74) is 0.449. The van der Waals surface area contributed by atoms with E-state index in [2.05, 4.69) is 0 Å². The van der Waals surface area contributed by atoms with Crippen LogP contribution < -0.4 is 61.2 Å². The molecule has 1 fully saturated rings. The first kappa shape index (κ1) is 23.5. The van der Waals surface area contributed by atoms with E-state index >= 15 is 0 Å². The van der Waals surface area contributed by atoms with E-state index in [-0.39, 0.29) is 51.4 Å². The fourth-order valence-corrected chi connectivity index (χ4v) is 2.28. The zero-order chi connectivity index (χ0) is 18.6. The molecular weight excluding hydrogens is 375 g/mol. The Balaban J connectivity index is 0.00000338. The maximum absolute atomic E-state index is 11.3. The predicted molar refractivity (Wildman–Crippen MR) is 80.8 cm³/mol. The third kappa shape index (κ3) is 5.73. The molecular formula is C16H19KO9. The van der Waals surface area contributed by atoms with Gasteiger partial charge in [-0.05, 0) is 23.8 Å². The van der Waals surface area contributed by atoms with Crippen molar-refractivity contribution in [3.05, 3.63) is 35.6 Å². The topological polar surface area (TPSA) is 149 Å². The smallest absolute Gasteiger partial charge is 0.542 e. The average Bonchev–Trinajstić information content (AvgIpc) is 2.61. The molecule has 9 nitrogen and oxygen atoms in total. The van der Waals surface area contributed by atoms with E-state index in [4.69, 9.17) is 19.3 Å². The van der Waals surface area contributed by atoms with Crippen molar-refractivity contribution in [1.82, 2.24) is 0 Å². The third-order valence-electron chi connectivity index (χ3n) is 3.71. The summed E-state index contributed by atoms with van der Waals surface area (Å²) in [6.45, 7) is -0.659. The fourth-order valence-electron chi connectivity index (χ4n) is 2.28. The second-order valence-corrected chi connectivity index (χ2v) is 5.38. The van der Waals surface area contributed by atoms with Crippen molar-refractivity contribution in [3.8, 4) is 5.75 Å². The summed E-state index contributed by atoms with van der Waals surface area (Å²) in [5.74, 6) is -1.76. The quantitative estimate of drug-likeness (QED) is 0.211. The van der Waals surface area contributed by atoms with Crippen LogP contribution in [0.3, 0.4) is 0 Å². The number of benzene rings is 1. The molecule has 10 heteroatoms. The van der Waals surface area contributed by atoms with Gasteiger partial charge in [0, 0.05) is 0 Å². The van der Waals surface area contributed by atoms with Crippen LogP contribution in [0.25, 0.3) is 6.08 Å². The van der Waals surface area contributed by atoms with Crippen LogP contribution in [-0.2, 0) is 14.3 Å². The molecule has 4 N–H and O–H groups in total. The molecule has 1 saturated heterocycles. The number of methoxy groups -OCH3 is 1. The molecule has 1 aliphatic rings. The van der Waals surface area contributed by atoms with E-state index < -0.39 is 49.0 Å². The van der Waals surface area contributed by atoms with Gasteiger partial charge in [-0.25, -0.2) is 0 Å². The number of aliphatic hydroxyl groups excluding tert-OH is 4. The molecule has 26 heavy (non-hydrogen) atoms. The number of carbonyl (C=O) groups is 1. The van der Waals surface area contributed by atoms with Crippen molar-refractivity contribution >= 4 is 12.0 Å². The van der Waals surface area contributed by atoms with Gasteiger partial charge in [-0.2, -0.15) is 0 Å². The molecule has 1 heterocycles. The normalized spacial score (nSPS) is 28.8. The van der Waals surface area contributed by atoms with E-state index in [0.717, 1.165) is 6.08 Å². The van der Waals surface area contributed by atoms with Gasteiger partial charge < -0.3 is 44.5 Å². The Labute approximate surface area is 192 Å². The molecule has 138 valence electrons. The molecule has 0 aliphatic carbocycles. The van der Waals surface area contributed by atoms with Gasteiger partial charge in [0.2, 0.25) is 6.29 Å². The molecule has 0 amide bonds. The van der Waals surface area contributed by atoms with Crippen LogP contribution in [0.2, 0.25) is 0 Å². The Hall–Kier alpha value is -0.534. The molecule has 0 aromatic heterocycles. The first-order valence-corrected chi connectivity index (χ1v) is 7.41. The van der Waals surface area contributed by atoms with Crippen LogP contribution in [-0.4, -0.2) is 70.8 Å². The number of carboxylic acid groups (broad SMARTS) is 1. The largest absolute Gasteiger partial charge is 1.00 e. The van der Waals surface area contributed by atoms with Gasteiger partial charge in [-0.15, -0.1) is 0 Å². The summed E-state index contributed by atoms with van der Waals surface area (Å²) in [4.78, 5) is 11.3. The van der Waals surface area contributed by atoms with Crippen LogP contribution in [0, 0.1) is 0 Å². The van der Waals surface area contributed by atoms with E-state index in [1.807, 2.05) is 0 Å². The van der Waals surface area contributed by atoms with Crippen molar-refractivity contribution in [1.29, 1.82) is 0 Å². The van der Waals surface area contributed by atoms with Crippen molar-refractivity contribution in [2.45, 2.75) is 30.7 Å². The zero-order valence-corrected chi connectivity index (χ0v) is 17.4. The monoisotopic (exact) mass is 394 g/mol. The van der Waals surface area contributed by atoms with Crippen LogP contribution in [0.15, 0.2) is 30.0 Å². The van der Waals surface area contributed by atoms with E-state index in [1.54, 1.807) is 24.3 Å². The number of carboxylic acids is 1. The van der Waals surface area contributed by atoms with Crippen molar-refractivity contribution in [2.75, 3.05) is 13.7 Å². The van der Waals surface area contributed by atoms with Gasteiger partial charge >= 0.3 is 51.4 Å². The first-order valence-electron chi connectivity index (χ1n) is 7.41. The maximum Gasteiger partial charge on any atom is 1.00 e. The molecule has 1 aromatic carbocycles. The number of hydrogen-bond donors (Lipinski definition) is 4. The molecule has 0 spiro atoms. The molecule has 1 aromatic rings. The Morgan fingerprint density at radius 2 is 1.81 bits per heavy atom. The molecule has 2 rings (SSSR count). The zero-order valence-electron chi connectivity index (χ0n) is 14.3.